The molecule has 0 saturated carbocycles. The second-order valence-electron chi connectivity index (χ2n) is 3.96. The maximum atomic E-state index is 11.4. The lowest BCUT2D eigenvalue weighted by Crippen LogP contribution is -2.17. The van der Waals surface area contributed by atoms with Gasteiger partial charge in [-0.1, -0.05) is 18.2 Å². The number of amides is 1. The molecular weight excluding hydrogens is 190 g/mol. The summed E-state index contributed by atoms with van der Waals surface area (Å²) in [6.07, 6.45) is 0.976. The molecular formula is C12H15NO2. The molecule has 1 amide bonds. The van der Waals surface area contributed by atoms with Crippen LogP contribution in [0.4, 0.5) is 0 Å². The van der Waals surface area contributed by atoms with E-state index in [1.165, 1.54) is 0 Å². The normalized spacial score (nSPS) is 20.5. The average Bonchev–Trinajstić information content (AvgIpc) is 2.69. The fourth-order valence-corrected chi connectivity index (χ4v) is 2.15. The van der Waals surface area contributed by atoms with Crippen LogP contribution in [0.5, 0.6) is 0 Å². The van der Waals surface area contributed by atoms with Crippen LogP contribution in [0.3, 0.4) is 0 Å². The molecule has 3 nitrogen and oxygen atoms in total. The predicted octanol–water partition coefficient (Wildman–Crippen LogP) is 1.60. The van der Waals surface area contributed by atoms with Crippen molar-refractivity contribution in [2.75, 3.05) is 13.2 Å². The molecule has 1 aromatic rings. The summed E-state index contributed by atoms with van der Waals surface area (Å²) in [5, 5.41) is 0. The summed E-state index contributed by atoms with van der Waals surface area (Å²) in [5.41, 5.74) is 8.07. The van der Waals surface area contributed by atoms with Crippen LogP contribution in [-0.4, -0.2) is 19.1 Å². The Morgan fingerprint density at radius 2 is 2.33 bits per heavy atom. The van der Waals surface area contributed by atoms with Gasteiger partial charge in [-0.15, -0.1) is 0 Å². The summed E-state index contributed by atoms with van der Waals surface area (Å²) < 4.78 is 5.33. The van der Waals surface area contributed by atoms with E-state index in [2.05, 4.69) is 0 Å². The first kappa shape index (κ1) is 10.2. The maximum absolute atomic E-state index is 11.4. The van der Waals surface area contributed by atoms with E-state index in [0.29, 0.717) is 18.1 Å². The number of ether oxygens (including phenoxy) is 1. The van der Waals surface area contributed by atoms with E-state index in [1.54, 1.807) is 0 Å². The maximum Gasteiger partial charge on any atom is 0.249 e. The number of hydrogen-bond donors (Lipinski definition) is 1. The molecule has 0 bridgehead atoms. The molecule has 1 aromatic carbocycles. The molecule has 1 aliphatic rings. The van der Waals surface area contributed by atoms with Crippen molar-refractivity contribution in [1.82, 2.24) is 0 Å². The number of nitrogens with two attached hydrogens (primary N) is 1. The van der Waals surface area contributed by atoms with Gasteiger partial charge in [0, 0.05) is 18.1 Å². The van der Waals surface area contributed by atoms with Gasteiger partial charge in [0.1, 0.15) is 0 Å². The minimum absolute atomic E-state index is 0.326. The Kier molecular flexibility index (Phi) is 2.73. The second-order valence-corrected chi connectivity index (χ2v) is 3.96. The smallest absolute Gasteiger partial charge is 0.249 e. The number of carbonyl (C=O) groups excluding carboxylic acids is 1. The number of benzene rings is 1. The molecule has 1 unspecified atom stereocenters. The second kappa shape index (κ2) is 4.03. The van der Waals surface area contributed by atoms with Crippen molar-refractivity contribution >= 4 is 5.91 Å². The highest BCUT2D eigenvalue weighted by molar-refractivity contribution is 5.96. The van der Waals surface area contributed by atoms with Crippen LogP contribution >= 0.6 is 0 Å². The van der Waals surface area contributed by atoms with Gasteiger partial charge in [0.15, 0.2) is 0 Å². The molecule has 0 radical (unpaired) electrons. The standard InChI is InChI=1S/C12H15NO2/c1-8-3-2-4-10(11(8)12(13)14)9-5-6-15-7-9/h2-4,9H,5-7H2,1H3,(H2,13,14). The molecule has 3 heteroatoms. The highest BCUT2D eigenvalue weighted by Crippen LogP contribution is 2.29. The number of primary amides is 1. The number of carbonyl (C=O) groups is 1. The Balaban J connectivity index is 2.45. The molecule has 80 valence electrons. The van der Waals surface area contributed by atoms with Crippen molar-refractivity contribution in [2.45, 2.75) is 19.3 Å². The van der Waals surface area contributed by atoms with Crippen molar-refractivity contribution in [3.63, 3.8) is 0 Å². The zero-order chi connectivity index (χ0) is 10.8. The highest BCUT2D eigenvalue weighted by atomic mass is 16.5. The lowest BCUT2D eigenvalue weighted by molar-refractivity contribution is 0.0998. The Hall–Kier alpha value is -1.35. The number of hydrogen-bond acceptors (Lipinski definition) is 2. The molecule has 0 aromatic heterocycles. The van der Waals surface area contributed by atoms with E-state index in [1.807, 2.05) is 25.1 Å². The third kappa shape index (κ3) is 1.88. The van der Waals surface area contributed by atoms with E-state index in [4.69, 9.17) is 10.5 Å². The molecule has 15 heavy (non-hydrogen) atoms. The van der Waals surface area contributed by atoms with Crippen molar-refractivity contribution in [2.24, 2.45) is 5.73 Å². The van der Waals surface area contributed by atoms with Crippen molar-refractivity contribution in [3.05, 3.63) is 34.9 Å². The summed E-state index contributed by atoms with van der Waals surface area (Å²) in [7, 11) is 0. The van der Waals surface area contributed by atoms with Gasteiger partial charge in [0.25, 0.3) is 0 Å². The molecule has 1 heterocycles. The number of rotatable bonds is 2. The van der Waals surface area contributed by atoms with Crippen molar-refractivity contribution in [3.8, 4) is 0 Å². The lowest BCUT2D eigenvalue weighted by Gasteiger charge is -2.14. The third-order valence-corrected chi connectivity index (χ3v) is 2.92. The average molecular weight is 205 g/mol. The molecule has 0 aliphatic carbocycles. The van der Waals surface area contributed by atoms with Crippen LogP contribution in [-0.2, 0) is 4.74 Å². The summed E-state index contributed by atoms with van der Waals surface area (Å²) in [6, 6.07) is 5.86. The lowest BCUT2D eigenvalue weighted by atomic mass is 9.91. The highest BCUT2D eigenvalue weighted by Gasteiger charge is 2.23. The Labute approximate surface area is 89.2 Å². The van der Waals surface area contributed by atoms with Gasteiger partial charge in [-0.3, -0.25) is 4.79 Å². The van der Waals surface area contributed by atoms with Gasteiger partial charge in [0.2, 0.25) is 5.91 Å². The molecule has 0 spiro atoms. The minimum atomic E-state index is -0.338. The van der Waals surface area contributed by atoms with Crippen LogP contribution in [0.15, 0.2) is 18.2 Å². The van der Waals surface area contributed by atoms with E-state index in [-0.39, 0.29) is 5.91 Å². The van der Waals surface area contributed by atoms with Gasteiger partial charge in [-0.05, 0) is 24.5 Å². The summed E-state index contributed by atoms with van der Waals surface area (Å²) in [6.45, 7) is 3.39. The van der Waals surface area contributed by atoms with E-state index in [0.717, 1.165) is 24.2 Å². The summed E-state index contributed by atoms with van der Waals surface area (Å²) in [4.78, 5) is 11.4. The molecule has 1 saturated heterocycles. The monoisotopic (exact) mass is 205 g/mol. The van der Waals surface area contributed by atoms with Crippen molar-refractivity contribution < 1.29 is 9.53 Å². The van der Waals surface area contributed by atoms with Crippen LogP contribution < -0.4 is 5.73 Å². The Bertz CT molecular complexity index is 381. The third-order valence-electron chi connectivity index (χ3n) is 2.92. The first-order chi connectivity index (χ1) is 7.20. The number of aryl methyl sites for hydroxylation is 1. The van der Waals surface area contributed by atoms with Gasteiger partial charge in [-0.25, -0.2) is 0 Å². The molecule has 1 fully saturated rings. The van der Waals surface area contributed by atoms with Crippen LogP contribution in [0, 0.1) is 6.92 Å². The predicted molar refractivity (Wildman–Crippen MR) is 57.9 cm³/mol. The quantitative estimate of drug-likeness (QED) is 0.797. The molecule has 2 rings (SSSR count). The largest absolute Gasteiger partial charge is 0.381 e. The van der Waals surface area contributed by atoms with Crippen LogP contribution in [0.2, 0.25) is 0 Å². The Morgan fingerprint density at radius 1 is 1.53 bits per heavy atom. The van der Waals surface area contributed by atoms with E-state index < -0.39 is 0 Å². The minimum Gasteiger partial charge on any atom is -0.381 e. The van der Waals surface area contributed by atoms with E-state index >= 15 is 0 Å². The van der Waals surface area contributed by atoms with Gasteiger partial charge < -0.3 is 10.5 Å². The zero-order valence-corrected chi connectivity index (χ0v) is 8.82. The van der Waals surface area contributed by atoms with Crippen molar-refractivity contribution in [1.29, 1.82) is 0 Å². The van der Waals surface area contributed by atoms with Gasteiger partial charge >= 0.3 is 0 Å². The van der Waals surface area contributed by atoms with Crippen LogP contribution in [0.1, 0.15) is 33.8 Å². The summed E-state index contributed by atoms with van der Waals surface area (Å²) >= 11 is 0. The fourth-order valence-electron chi connectivity index (χ4n) is 2.15. The topological polar surface area (TPSA) is 52.3 Å². The van der Waals surface area contributed by atoms with Crippen LogP contribution in [0.25, 0.3) is 0 Å². The molecule has 1 aliphatic heterocycles. The zero-order valence-electron chi connectivity index (χ0n) is 8.82. The first-order valence-corrected chi connectivity index (χ1v) is 5.17. The molecule has 1 atom stereocenters. The Morgan fingerprint density at radius 3 is 2.93 bits per heavy atom. The molecule has 2 N–H and O–H groups in total. The van der Waals surface area contributed by atoms with Gasteiger partial charge in [0.05, 0.1) is 6.61 Å². The first-order valence-electron chi connectivity index (χ1n) is 5.17. The summed E-state index contributed by atoms with van der Waals surface area (Å²) in [5.74, 6) is -0.0117. The van der Waals surface area contributed by atoms with Gasteiger partial charge in [-0.2, -0.15) is 0 Å². The van der Waals surface area contributed by atoms with E-state index in [9.17, 15) is 4.79 Å². The fraction of sp³-hybridized carbons (Fsp3) is 0.417. The SMILES string of the molecule is Cc1cccc(C2CCOC2)c1C(N)=O.